The first-order chi connectivity index (χ1) is 12.3. The van der Waals surface area contributed by atoms with E-state index < -0.39 is 28.5 Å². The van der Waals surface area contributed by atoms with Gasteiger partial charge in [-0.1, -0.05) is 6.58 Å². The molecule has 26 heavy (non-hydrogen) atoms. The molecular weight excluding hydrogens is 362 g/mol. The number of benzene rings is 1. The standard InChI is InChI=1S/C16H19N3O6S/c1-4-24-14-10(20)7-6-9(13(14)19(22)23)12-11(15(21)25-5-2)8(3)17-16(26)18-12/h6-7,11-12,20H,3-5H2,1-2H3,(H2,17,18,26)/t11-,12-/m1/s1. The second kappa shape index (κ2) is 8.00. The molecule has 1 heterocycles. The Bertz CT molecular complexity index is 767. The summed E-state index contributed by atoms with van der Waals surface area (Å²) in [5, 5.41) is 27.4. The summed E-state index contributed by atoms with van der Waals surface area (Å²) in [6.07, 6.45) is 0. The summed E-state index contributed by atoms with van der Waals surface area (Å²) in [6, 6.07) is 1.71. The molecule has 0 saturated carbocycles. The number of nitro groups is 1. The van der Waals surface area contributed by atoms with Gasteiger partial charge in [0, 0.05) is 5.70 Å². The van der Waals surface area contributed by atoms with Crippen LogP contribution < -0.4 is 15.4 Å². The van der Waals surface area contributed by atoms with Crippen LogP contribution in [0.1, 0.15) is 25.5 Å². The van der Waals surface area contributed by atoms with Gasteiger partial charge in [0.2, 0.25) is 5.75 Å². The van der Waals surface area contributed by atoms with Crippen molar-refractivity contribution >= 4 is 29.0 Å². The van der Waals surface area contributed by atoms with E-state index in [1.807, 2.05) is 0 Å². The largest absolute Gasteiger partial charge is 0.504 e. The van der Waals surface area contributed by atoms with Crippen LogP contribution in [0.3, 0.4) is 0 Å². The normalized spacial score (nSPS) is 19.3. The predicted octanol–water partition coefficient (Wildman–Crippen LogP) is 1.91. The third-order valence-electron chi connectivity index (χ3n) is 3.76. The van der Waals surface area contributed by atoms with Crippen molar-refractivity contribution in [2.45, 2.75) is 19.9 Å². The number of carbonyl (C=O) groups is 1. The zero-order chi connectivity index (χ0) is 19.4. The Morgan fingerprint density at radius 1 is 1.42 bits per heavy atom. The van der Waals surface area contributed by atoms with Crippen molar-refractivity contribution in [3.8, 4) is 11.5 Å². The molecule has 1 aromatic rings. The molecule has 1 aromatic carbocycles. The van der Waals surface area contributed by atoms with Crippen molar-refractivity contribution in [1.82, 2.24) is 10.6 Å². The summed E-state index contributed by atoms with van der Waals surface area (Å²) in [5.41, 5.74) is -0.0621. The first-order valence-electron chi connectivity index (χ1n) is 7.87. The number of nitro benzene ring substituents is 1. The van der Waals surface area contributed by atoms with E-state index in [1.165, 1.54) is 12.1 Å². The highest BCUT2D eigenvalue weighted by Crippen LogP contribution is 2.44. The lowest BCUT2D eigenvalue weighted by Crippen LogP contribution is -2.51. The maximum Gasteiger partial charge on any atom is 0.320 e. The van der Waals surface area contributed by atoms with Gasteiger partial charge in [0.05, 0.1) is 29.7 Å². The third-order valence-corrected chi connectivity index (χ3v) is 3.98. The van der Waals surface area contributed by atoms with Crippen molar-refractivity contribution in [2.24, 2.45) is 5.92 Å². The number of phenols is 1. The monoisotopic (exact) mass is 381 g/mol. The number of nitrogens with one attached hydrogen (secondary N) is 2. The summed E-state index contributed by atoms with van der Waals surface area (Å²) in [5.74, 6) is -2.20. The Morgan fingerprint density at radius 3 is 2.69 bits per heavy atom. The molecule has 1 saturated heterocycles. The minimum Gasteiger partial charge on any atom is -0.504 e. The highest BCUT2D eigenvalue weighted by atomic mass is 32.1. The van der Waals surface area contributed by atoms with Crippen LogP contribution in [-0.4, -0.2) is 34.3 Å². The SMILES string of the molecule is C=C1NC(=S)N[C@H](c2ccc(O)c(OCC)c2[N+](=O)[O-])[C@@H]1C(=O)OCC. The fraction of sp³-hybridized carbons (Fsp3) is 0.375. The number of thiocarbonyl (C=S) groups is 1. The minimum atomic E-state index is -0.959. The molecule has 0 bridgehead atoms. The van der Waals surface area contributed by atoms with E-state index in [1.54, 1.807) is 13.8 Å². The van der Waals surface area contributed by atoms with Crippen molar-refractivity contribution in [2.75, 3.05) is 13.2 Å². The number of ether oxygens (including phenoxy) is 2. The fourth-order valence-corrected chi connectivity index (χ4v) is 3.01. The lowest BCUT2D eigenvalue weighted by atomic mass is 9.88. The number of esters is 1. The van der Waals surface area contributed by atoms with E-state index >= 15 is 0 Å². The third kappa shape index (κ3) is 3.69. The van der Waals surface area contributed by atoms with E-state index in [9.17, 15) is 20.0 Å². The van der Waals surface area contributed by atoms with E-state index in [4.69, 9.17) is 21.7 Å². The Kier molecular flexibility index (Phi) is 5.98. The van der Waals surface area contributed by atoms with Crippen molar-refractivity contribution in [3.05, 3.63) is 40.1 Å². The maximum absolute atomic E-state index is 12.4. The molecule has 1 fully saturated rings. The van der Waals surface area contributed by atoms with Gasteiger partial charge in [0.25, 0.3) is 0 Å². The molecule has 0 spiro atoms. The average Bonchev–Trinajstić information content (AvgIpc) is 2.55. The molecule has 140 valence electrons. The van der Waals surface area contributed by atoms with Crippen LogP contribution in [0.5, 0.6) is 11.5 Å². The Morgan fingerprint density at radius 2 is 2.12 bits per heavy atom. The topological polar surface area (TPSA) is 123 Å². The predicted molar refractivity (Wildman–Crippen MR) is 96.8 cm³/mol. The highest BCUT2D eigenvalue weighted by Gasteiger charge is 2.42. The number of aromatic hydroxyl groups is 1. The Labute approximate surface area is 155 Å². The zero-order valence-electron chi connectivity index (χ0n) is 14.3. The summed E-state index contributed by atoms with van der Waals surface area (Å²) < 4.78 is 10.3. The maximum atomic E-state index is 12.4. The number of rotatable bonds is 6. The molecule has 3 N–H and O–H groups in total. The summed E-state index contributed by atoms with van der Waals surface area (Å²) >= 11 is 5.10. The van der Waals surface area contributed by atoms with Gasteiger partial charge in [-0.2, -0.15) is 0 Å². The smallest absolute Gasteiger partial charge is 0.320 e. The van der Waals surface area contributed by atoms with Gasteiger partial charge in [-0.05, 0) is 38.2 Å². The number of carbonyl (C=O) groups excluding carboxylic acids is 1. The highest BCUT2D eigenvalue weighted by molar-refractivity contribution is 7.80. The molecule has 0 unspecified atom stereocenters. The molecule has 1 aliphatic rings. The molecule has 1 aliphatic heterocycles. The van der Waals surface area contributed by atoms with Crippen LogP contribution in [0.15, 0.2) is 24.4 Å². The van der Waals surface area contributed by atoms with Crippen LogP contribution in [0, 0.1) is 16.0 Å². The van der Waals surface area contributed by atoms with Crippen LogP contribution in [-0.2, 0) is 9.53 Å². The zero-order valence-corrected chi connectivity index (χ0v) is 15.1. The van der Waals surface area contributed by atoms with Crippen LogP contribution in [0.25, 0.3) is 0 Å². The first-order valence-corrected chi connectivity index (χ1v) is 8.28. The minimum absolute atomic E-state index is 0.115. The molecule has 0 aliphatic carbocycles. The Balaban J connectivity index is 2.63. The fourth-order valence-electron chi connectivity index (χ4n) is 2.75. The molecule has 0 aromatic heterocycles. The second-order valence-electron chi connectivity index (χ2n) is 5.37. The molecule has 2 atom stereocenters. The molecule has 9 nitrogen and oxygen atoms in total. The van der Waals surface area contributed by atoms with E-state index in [0.717, 1.165) is 0 Å². The number of hydrogen-bond donors (Lipinski definition) is 3. The van der Waals surface area contributed by atoms with Gasteiger partial charge in [-0.15, -0.1) is 0 Å². The van der Waals surface area contributed by atoms with Crippen molar-refractivity contribution in [1.29, 1.82) is 0 Å². The van der Waals surface area contributed by atoms with Crippen molar-refractivity contribution < 1.29 is 24.3 Å². The number of nitrogens with zero attached hydrogens (tertiary/aromatic N) is 1. The van der Waals surface area contributed by atoms with Gasteiger partial charge in [-0.3, -0.25) is 14.9 Å². The van der Waals surface area contributed by atoms with E-state index in [0.29, 0.717) is 0 Å². The van der Waals surface area contributed by atoms with Gasteiger partial charge in [-0.25, -0.2) is 0 Å². The first kappa shape index (κ1) is 19.4. The van der Waals surface area contributed by atoms with Gasteiger partial charge in [0.1, 0.15) is 5.92 Å². The molecule has 0 radical (unpaired) electrons. The lowest BCUT2D eigenvalue weighted by Gasteiger charge is -2.34. The molecule has 2 rings (SSSR count). The van der Waals surface area contributed by atoms with Gasteiger partial charge in [0.15, 0.2) is 10.9 Å². The van der Waals surface area contributed by atoms with E-state index in [-0.39, 0.29) is 41.1 Å². The summed E-state index contributed by atoms with van der Waals surface area (Å²) in [4.78, 5) is 23.4. The van der Waals surface area contributed by atoms with Crippen LogP contribution in [0.2, 0.25) is 0 Å². The second-order valence-corrected chi connectivity index (χ2v) is 5.78. The average molecular weight is 381 g/mol. The molecule has 10 heteroatoms. The van der Waals surface area contributed by atoms with Gasteiger partial charge < -0.3 is 25.2 Å². The quantitative estimate of drug-likeness (QED) is 0.293. The lowest BCUT2D eigenvalue weighted by molar-refractivity contribution is -0.386. The Hall–Kier alpha value is -2.88. The van der Waals surface area contributed by atoms with Crippen LogP contribution in [0.4, 0.5) is 5.69 Å². The number of hydrogen-bond acceptors (Lipinski definition) is 7. The summed E-state index contributed by atoms with van der Waals surface area (Å²) in [7, 11) is 0. The van der Waals surface area contributed by atoms with Crippen molar-refractivity contribution in [3.63, 3.8) is 0 Å². The van der Waals surface area contributed by atoms with E-state index in [2.05, 4.69) is 17.2 Å². The molecular formula is C16H19N3O6S. The molecule has 0 amide bonds. The van der Waals surface area contributed by atoms with Crippen LogP contribution >= 0.6 is 12.2 Å². The van der Waals surface area contributed by atoms with Gasteiger partial charge >= 0.3 is 11.7 Å². The number of phenolic OH excluding ortho intramolecular Hbond substituents is 1. The summed E-state index contributed by atoms with van der Waals surface area (Å²) in [6.45, 7) is 7.33.